The minimum atomic E-state index is -0.384. The van der Waals surface area contributed by atoms with Gasteiger partial charge in [0.25, 0.3) is 0 Å². The van der Waals surface area contributed by atoms with Gasteiger partial charge in [-0.25, -0.2) is 0 Å². The fourth-order valence-electron chi connectivity index (χ4n) is 3.23. The number of likely N-dealkylation sites (tertiary alicyclic amines) is 1. The van der Waals surface area contributed by atoms with Gasteiger partial charge in [-0.05, 0) is 49.4 Å². The van der Waals surface area contributed by atoms with Gasteiger partial charge in [0, 0.05) is 25.2 Å². The van der Waals surface area contributed by atoms with E-state index in [0.717, 1.165) is 37.2 Å². The molecule has 2 amide bonds. The molecule has 25 heavy (non-hydrogen) atoms. The van der Waals surface area contributed by atoms with Gasteiger partial charge in [0.1, 0.15) is 6.04 Å². The Balaban J connectivity index is 2.09. The van der Waals surface area contributed by atoms with E-state index in [-0.39, 0.29) is 17.9 Å². The van der Waals surface area contributed by atoms with Crippen molar-refractivity contribution in [3.8, 4) is 0 Å². The first-order valence-corrected chi connectivity index (χ1v) is 9.41. The molecule has 5 nitrogen and oxygen atoms in total. The zero-order valence-corrected chi connectivity index (χ0v) is 15.7. The number of rotatable bonds is 8. The lowest BCUT2D eigenvalue weighted by Gasteiger charge is -2.34. The van der Waals surface area contributed by atoms with E-state index in [1.54, 1.807) is 4.90 Å². The monoisotopic (exact) mass is 345 g/mol. The van der Waals surface area contributed by atoms with Crippen LogP contribution < -0.4 is 10.6 Å². The highest BCUT2D eigenvalue weighted by Crippen LogP contribution is 2.21. The first kappa shape index (κ1) is 19.4. The lowest BCUT2D eigenvalue weighted by atomic mass is 9.98. The minimum absolute atomic E-state index is 0.0791. The van der Waals surface area contributed by atoms with Crippen molar-refractivity contribution in [2.24, 2.45) is 5.92 Å². The highest BCUT2D eigenvalue weighted by Gasteiger charge is 2.31. The fraction of sp³-hybridized carbons (Fsp3) is 0.600. The van der Waals surface area contributed by atoms with E-state index in [4.69, 9.17) is 0 Å². The van der Waals surface area contributed by atoms with Crippen LogP contribution in [0, 0.1) is 5.92 Å². The first-order chi connectivity index (χ1) is 12.0. The smallest absolute Gasteiger partial charge is 0.247 e. The van der Waals surface area contributed by atoms with E-state index in [1.165, 1.54) is 0 Å². The van der Waals surface area contributed by atoms with E-state index in [2.05, 4.69) is 31.4 Å². The number of hydrogen-bond donors (Lipinski definition) is 2. The molecule has 0 aliphatic carbocycles. The molecule has 2 N–H and O–H groups in total. The Morgan fingerprint density at radius 2 is 2.08 bits per heavy atom. The summed E-state index contributed by atoms with van der Waals surface area (Å²) in [5, 5.41) is 6.31. The number of carbonyl (C=O) groups excluding carboxylic acids is 2. The molecular weight excluding hydrogens is 314 g/mol. The lowest BCUT2D eigenvalue weighted by Crippen LogP contribution is -2.49. The van der Waals surface area contributed by atoms with Crippen molar-refractivity contribution < 1.29 is 9.59 Å². The van der Waals surface area contributed by atoms with Gasteiger partial charge in [0.05, 0.1) is 0 Å². The SMILES string of the molecule is CCNCc1cccc(NC(=O)C(CC(C)C)N2CCCCC2=O)c1. The highest BCUT2D eigenvalue weighted by atomic mass is 16.2. The third-order valence-corrected chi connectivity index (χ3v) is 4.51. The molecule has 1 fully saturated rings. The minimum Gasteiger partial charge on any atom is -0.331 e. The number of nitrogens with zero attached hydrogens (tertiary/aromatic N) is 1. The molecule has 138 valence electrons. The Bertz CT molecular complexity index is 586. The van der Waals surface area contributed by atoms with Gasteiger partial charge in [-0.15, -0.1) is 0 Å². The fourth-order valence-corrected chi connectivity index (χ4v) is 3.23. The zero-order valence-electron chi connectivity index (χ0n) is 15.7. The second-order valence-corrected chi connectivity index (χ2v) is 7.16. The summed E-state index contributed by atoms with van der Waals surface area (Å²) in [6.07, 6.45) is 3.15. The molecule has 0 aromatic heterocycles. The maximum Gasteiger partial charge on any atom is 0.247 e. The maximum atomic E-state index is 12.9. The molecule has 1 aliphatic rings. The topological polar surface area (TPSA) is 61.4 Å². The van der Waals surface area contributed by atoms with Crippen LogP contribution in [0.1, 0.15) is 52.0 Å². The predicted molar refractivity (Wildman–Crippen MR) is 101 cm³/mol. The molecule has 0 spiro atoms. The molecule has 0 saturated carbocycles. The zero-order chi connectivity index (χ0) is 18.2. The Labute approximate surface area is 151 Å². The number of carbonyl (C=O) groups is 2. The van der Waals surface area contributed by atoms with Crippen LogP contribution >= 0.6 is 0 Å². The summed E-state index contributed by atoms with van der Waals surface area (Å²) in [5.41, 5.74) is 1.92. The Morgan fingerprint density at radius 1 is 1.28 bits per heavy atom. The van der Waals surface area contributed by atoms with Crippen molar-refractivity contribution in [3.05, 3.63) is 29.8 Å². The normalized spacial score (nSPS) is 16.2. The molecule has 1 aromatic carbocycles. The summed E-state index contributed by atoms with van der Waals surface area (Å²) in [4.78, 5) is 27.0. The van der Waals surface area contributed by atoms with Gasteiger partial charge >= 0.3 is 0 Å². The summed E-state index contributed by atoms with van der Waals surface area (Å²) in [6.45, 7) is 8.61. The van der Waals surface area contributed by atoms with E-state index in [1.807, 2.05) is 24.3 Å². The van der Waals surface area contributed by atoms with Gasteiger partial charge in [0.15, 0.2) is 0 Å². The molecular formula is C20H31N3O2. The third-order valence-electron chi connectivity index (χ3n) is 4.51. The second kappa shape index (κ2) is 9.56. The van der Waals surface area contributed by atoms with Crippen molar-refractivity contribution in [2.75, 3.05) is 18.4 Å². The predicted octanol–water partition coefficient (Wildman–Crippen LogP) is 3.16. The number of hydrogen-bond acceptors (Lipinski definition) is 3. The standard InChI is InChI=1S/C20H31N3O2/c1-4-21-14-16-8-7-9-17(13-16)22-20(25)18(12-15(2)3)23-11-6-5-10-19(23)24/h7-9,13,15,18,21H,4-6,10-12,14H2,1-3H3,(H,22,25). The summed E-state index contributed by atoms with van der Waals surface area (Å²) in [5.74, 6) is 0.378. The molecule has 1 aliphatic heterocycles. The molecule has 5 heteroatoms. The summed E-state index contributed by atoms with van der Waals surface area (Å²) < 4.78 is 0. The number of amides is 2. The van der Waals surface area contributed by atoms with Crippen molar-refractivity contribution in [1.29, 1.82) is 0 Å². The number of anilines is 1. The highest BCUT2D eigenvalue weighted by molar-refractivity contribution is 5.97. The van der Waals surface area contributed by atoms with Crippen LogP contribution in [0.15, 0.2) is 24.3 Å². The van der Waals surface area contributed by atoms with Crippen molar-refractivity contribution in [2.45, 2.75) is 59.0 Å². The molecule has 1 unspecified atom stereocenters. The van der Waals surface area contributed by atoms with Gasteiger partial charge < -0.3 is 15.5 Å². The first-order valence-electron chi connectivity index (χ1n) is 9.41. The number of benzene rings is 1. The van der Waals surface area contributed by atoms with Crippen LogP contribution in [0.4, 0.5) is 5.69 Å². The van der Waals surface area contributed by atoms with Crippen LogP contribution in [-0.4, -0.2) is 35.8 Å². The van der Waals surface area contributed by atoms with Crippen LogP contribution in [0.5, 0.6) is 0 Å². The average Bonchev–Trinajstić information content (AvgIpc) is 2.58. The average molecular weight is 345 g/mol. The van der Waals surface area contributed by atoms with E-state index < -0.39 is 0 Å². The van der Waals surface area contributed by atoms with E-state index >= 15 is 0 Å². The van der Waals surface area contributed by atoms with Gasteiger partial charge in [-0.1, -0.05) is 32.9 Å². The van der Waals surface area contributed by atoms with Crippen LogP contribution in [0.25, 0.3) is 0 Å². The van der Waals surface area contributed by atoms with Crippen LogP contribution in [0.3, 0.4) is 0 Å². The maximum absolute atomic E-state index is 12.9. The number of nitrogens with one attached hydrogen (secondary N) is 2. The van der Waals surface area contributed by atoms with Crippen molar-refractivity contribution in [1.82, 2.24) is 10.2 Å². The van der Waals surface area contributed by atoms with Crippen LogP contribution in [0.2, 0.25) is 0 Å². The molecule has 2 rings (SSSR count). The van der Waals surface area contributed by atoms with E-state index in [0.29, 0.717) is 25.3 Å². The van der Waals surface area contributed by atoms with Crippen molar-refractivity contribution >= 4 is 17.5 Å². The van der Waals surface area contributed by atoms with E-state index in [9.17, 15) is 9.59 Å². The quantitative estimate of drug-likeness (QED) is 0.761. The van der Waals surface area contributed by atoms with Crippen LogP contribution in [-0.2, 0) is 16.1 Å². The summed E-state index contributed by atoms with van der Waals surface area (Å²) in [7, 11) is 0. The molecule has 1 atom stereocenters. The molecule has 0 radical (unpaired) electrons. The number of piperidine rings is 1. The van der Waals surface area contributed by atoms with Crippen molar-refractivity contribution in [3.63, 3.8) is 0 Å². The lowest BCUT2D eigenvalue weighted by molar-refractivity contribution is -0.141. The molecule has 1 aromatic rings. The second-order valence-electron chi connectivity index (χ2n) is 7.16. The van der Waals surface area contributed by atoms with Gasteiger partial charge in [-0.3, -0.25) is 9.59 Å². The summed E-state index contributed by atoms with van der Waals surface area (Å²) in [6, 6.07) is 7.50. The molecule has 1 saturated heterocycles. The Morgan fingerprint density at radius 3 is 2.76 bits per heavy atom. The Hall–Kier alpha value is -1.88. The molecule has 0 bridgehead atoms. The third kappa shape index (κ3) is 5.85. The van der Waals surface area contributed by atoms with Gasteiger partial charge in [0.2, 0.25) is 11.8 Å². The largest absolute Gasteiger partial charge is 0.331 e. The summed E-state index contributed by atoms with van der Waals surface area (Å²) >= 11 is 0. The van der Waals surface area contributed by atoms with Gasteiger partial charge in [-0.2, -0.15) is 0 Å². The Kier molecular flexibility index (Phi) is 7.44. The molecule has 1 heterocycles.